The molecule has 0 unspecified atom stereocenters. The van der Waals surface area contributed by atoms with Crippen molar-refractivity contribution in [1.82, 2.24) is 29.3 Å². The van der Waals surface area contributed by atoms with E-state index in [0.717, 1.165) is 62.2 Å². The lowest BCUT2D eigenvalue weighted by molar-refractivity contribution is -0.207. The van der Waals surface area contributed by atoms with Crippen LogP contribution in [0.5, 0.6) is 0 Å². The molecule has 5 fully saturated rings. The van der Waals surface area contributed by atoms with Crippen LogP contribution in [-0.2, 0) is 25.7 Å². The monoisotopic (exact) mass is 732 g/mol. The molecule has 2 aromatic heterocycles. The average Bonchev–Trinajstić information content (AvgIpc) is 3.72. The molecule has 1 amide bonds. The number of amides is 1. The minimum atomic E-state index is -0.697. The number of piperazine rings is 1. The highest BCUT2D eigenvalue weighted by molar-refractivity contribution is 5.86. The number of rotatable bonds is 8. The number of aryl methyl sites for hydroxylation is 1. The highest BCUT2D eigenvalue weighted by Crippen LogP contribution is 2.68. The van der Waals surface area contributed by atoms with E-state index in [4.69, 9.17) is 10.5 Å². The van der Waals surface area contributed by atoms with Gasteiger partial charge in [-0.25, -0.2) is 15.0 Å². The van der Waals surface area contributed by atoms with Gasteiger partial charge in [-0.1, -0.05) is 33.8 Å². The molecule has 0 aromatic carbocycles. The quantitative estimate of drug-likeness (QED) is 0.302. The molecule has 5 aliphatic rings. The summed E-state index contributed by atoms with van der Waals surface area (Å²) in [7, 11) is 0. The summed E-state index contributed by atoms with van der Waals surface area (Å²) in [5, 5.41) is 11.8. The molecule has 4 heterocycles. The van der Waals surface area contributed by atoms with Crippen molar-refractivity contribution < 1.29 is 24.2 Å². The van der Waals surface area contributed by atoms with Crippen LogP contribution in [0.2, 0.25) is 0 Å². The van der Waals surface area contributed by atoms with Crippen LogP contribution in [0, 0.1) is 34.0 Å². The number of hydrogen-bond acceptors (Lipinski definition) is 11. The molecule has 13 heteroatoms. The Balaban J connectivity index is 0.983. The molecule has 3 aliphatic carbocycles. The lowest BCUT2D eigenvalue weighted by atomic mass is 9.44. The van der Waals surface area contributed by atoms with Crippen molar-refractivity contribution in [3.8, 4) is 0 Å². The first-order valence-electron chi connectivity index (χ1n) is 19.9. The second kappa shape index (κ2) is 14.3. The van der Waals surface area contributed by atoms with Gasteiger partial charge in [-0.05, 0) is 62.7 Å². The third kappa shape index (κ3) is 6.48. The minimum absolute atomic E-state index is 0.0517. The summed E-state index contributed by atoms with van der Waals surface area (Å²) in [6, 6.07) is 0.132. The number of aliphatic hydroxyl groups excluding tert-OH is 1. The van der Waals surface area contributed by atoms with Crippen LogP contribution in [0.25, 0.3) is 11.2 Å². The van der Waals surface area contributed by atoms with Crippen LogP contribution in [0.1, 0.15) is 86.0 Å². The predicted molar refractivity (Wildman–Crippen MR) is 202 cm³/mol. The molecule has 2 aliphatic heterocycles. The summed E-state index contributed by atoms with van der Waals surface area (Å²) < 4.78 is 8.42. The first-order valence-corrected chi connectivity index (χ1v) is 19.9. The maximum absolute atomic E-state index is 13.9. The Hall–Kier alpha value is -3.42. The van der Waals surface area contributed by atoms with Crippen molar-refractivity contribution in [3.05, 3.63) is 25.3 Å². The van der Waals surface area contributed by atoms with Crippen molar-refractivity contribution in [2.24, 2.45) is 39.7 Å². The average molecular weight is 733 g/mol. The van der Waals surface area contributed by atoms with Gasteiger partial charge in [0, 0.05) is 80.9 Å². The first kappa shape index (κ1) is 37.9. The third-order valence-electron chi connectivity index (χ3n) is 14.7. The number of carbonyl (C=O) groups excluding carboxylic acids is 3. The molecule has 0 spiro atoms. The van der Waals surface area contributed by atoms with Crippen molar-refractivity contribution in [3.63, 3.8) is 0 Å². The minimum Gasteiger partial charge on any atom is -0.461 e. The normalized spacial score (nSPS) is 36.9. The Labute approximate surface area is 313 Å². The first-order chi connectivity index (χ1) is 25.2. The Bertz CT molecular complexity index is 1730. The fourth-order valence-corrected chi connectivity index (χ4v) is 11.2. The largest absolute Gasteiger partial charge is 0.461 e. The number of fused-ring (bicyclic) bond motifs is 1. The molecule has 7 rings (SSSR count). The highest BCUT2D eigenvalue weighted by Gasteiger charge is 2.68. The summed E-state index contributed by atoms with van der Waals surface area (Å²) >= 11 is 0. The zero-order valence-electron chi connectivity index (χ0n) is 32.4. The van der Waals surface area contributed by atoms with Gasteiger partial charge in [-0.2, -0.15) is 0 Å². The van der Waals surface area contributed by atoms with Crippen LogP contribution in [0.4, 0.5) is 5.82 Å². The molecule has 2 saturated heterocycles. The number of ketones is 1. The van der Waals surface area contributed by atoms with Gasteiger partial charge in [0.25, 0.3) is 0 Å². The van der Waals surface area contributed by atoms with Gasteiger partial charge in [-0.15, -0.1) is 6.58 Å². The van der Waals surface area contributed by atoms with E-state index in [1.165, 1.54) is 0 Å². The number of carbonyl (C=O) groups is 3. The molecular weight excluding hydrogens is 672 g/mol. The van der Waals surface area contributed by atoms with Crippen LogP contribution >= 0.6 is 0 Å². The Morgan fingerprint density at radius 2 is 1.83 bits per heavy atom. The maximum atomic E-state index is 13.9. The smallest absolute Gasteiger partial charge is 0.320 e. The Morgan fingerprint density at radius 1 is 1.08 bits per heavy atom. The second-order valence-electron chi connectivity index (χ2n) is 17.6. The number of anilines is 1. The van der Waals surface area contributed by atoms with Crippen molar-refractivity contribution in [2.45, 2.75) is 117 Å². The summed E-state index contributed by atoms with van der Waals surface area (Å²) in [6.45, 7) is 18.5. The molecule has 2 aromatic rings. The number of nitrogens with two attached hydrogens (primary N) is 1. The molecule has 3 N–H and O–H groups in total. The number of nitrogens with zero attached hydrogens (tertiary/aromatic N) is 7. The number of aromatic nitrogens is 4. The summed E-state index contributed by atoms with van der Waals surface area (Å²) in [5.41, 5.74) is 6.03. The van der Waals surface area contributed by atoms with Gasteiger partial charge < -0.3 is 29.9 Å². The van der Waals surface area contributed by atoms with E-state index in [-0.39, 0.29) is 59.5 Å². The van der Waals surface area contributed by atoms with Crippen LogP contribution in [-0.4, -0.2) is 116 Å². The van der Waals surface area contributed by atoms with Gasteiger partial charge in [-0.3, -0.25) is 19.3 Å². The lowest BCUT2D eigenvalue weighted by Gasteiger charge is -2.61. The fourth-order valence-electron chi connectivity index (χ4n) is 11.2. The van der Waals surface area contributed by atoms with E-state index in [1.807, 2.05) is 29.4 Å². The zero-order valence-corrected chi connectivity index (χ0v) is 32.4. The molecule has 3 saturated carbocycles. The van der Waals surface area contributed by atoms with E-state index >= 15 is 0 Å². The highest BCUT2D eigenvalue weighted by atomic mass is 16.5. The van der Waals surface area contributed by atoms with Gasteiger partial charge in [0.2, 0.25) is 5.91 Å². The zero-order chi connectivity index (χ0) is 37.9. The van der Waals surface area contributed by atoms with E-state index in [1.54, 1.807) is 12.7 Å². The molecule has 9 atom stereocenters. The summed E-state index contributed by atoms with van der Waals surface area (Å²) in [6.07, 6.45) is 9.56. The lowest BCUT2D eigenvalue weighted by Crippen LogP contribution is -2.63. The predicted octanol–water partition coefficient (Wildman–Crippen LogP) is 3.58. The third-order valence-corrected chi connectivity index (χ3v) is 14.7. The molecule has 13 nitrogen and oxygen atoms in total. The van der Waals surface area contributed by atoms with Crippen molar-refractivity contribution in [2.75, 3.05) is 44.2 Å². The summed E-state index contributed by atoms with van der Waals surface area (Å²) in [4.78, 5) is 61.0. The topological polar surface area (TPSA) is 160 Å². The van der Waals surface area contributed by atoms with E-state index in [9.17, 15) is 19.5 Å². The number of Topliss-reactive ketones (excluding diaryl/α,β-unsaturated/α-hetero) is 1. The Kier molecular flexibility index (Phi) is 10.2. The fraction of sp³-hybridized carbons (Fsp3) is 0.750. The van der Waals surface area contributed by atoms with E-state index < -0.39 is 23.0 Å². The van der Waals surface area contributed by atoms with Gasteiger partial charge >= 0.3 is 5.97 Å². The molecule has 2 bridgehead atoms. The SMILES string of the molecule is C=C[C@]1(C)C[C@@H](OC(=O)CN2CCN(C(=O)CCn3cnc4c(N5CCC(N)CC5)ncnc43)[C@@H](C)C2)[C@]2(C)[C@H](C)CC[C@]3(CCC(=O)[C@@H]32)[C@@H](C)[C@@H]1O. The molecule has 53 heavy (non-hydrogen) atoms. The van der Waals surface area contributed by atoms with Crippen molar-refractivity contribution >= 4 is 34.6 Å². The van der Waals surface area contributed by atoms with Crippen LogP contribution in [0.3, 0.4) is 0 Å². The number of hydrogen-bond donors (Lipinski definition) is 2. The molecular formula is C40H60N8O5. The Morgan fingerprint density at radius 3 is 2.55 bits per heavy atom. The van der Waals surface area contributed by atoms with Gasteiger partial charge in [0.05, 0.1) is 19.0 Å². The van der Waals surface area contributed by atoms with Crippen LogP contribution in [0.15, 0.2) is 25.3 Å². The second-order valence-corrected chi connectivity index (χ2v) is 17.6. The number of imidazole rings is 1. The van der Waals surface area contributed by atoms with Gasteiger partial charge in [0.1, 0.15) is 18.2 Å². The van der Waals surface area contributed by atoms with E-state index in [2.05, 4.69) is 52.1 Å². The molecule has 290 valence electrons. The number of esters is 1. The summed E-state index contributed by atoms with van der Waals surface area (Å²) in [5.74, 6) is 0.636. The number of piperidine rings is 1. The molecule has 0 radical (unpaired) electrons. The van der Waals surface area contributed by atoms with Crippen molar-refractivity contribution in [1.29, 1.82) is 0 Å². The number of ether oxygens (including phenoxy) is 1. The standard InChI is InChI=1S/C40H60N8O5/c1-7-38(5)20-30(39(6)25(2)8-13-40(27(4)35(38)52)14-9-29(49)34(39)40)53-32(51)22-45-18-19-48(26(3)21-45)31(50)12-17-47-24-44-33-36(42-23-43-37(33)47)46-15-10-28(41)11-16-46/h7,23-28,30,34-35,52H,1,8-22,41H2,2-6H3/t25-,26+,27+,30-,34-,35+,38-,39+,40+/m1/s1. The maximum Gasteiger partial charge on any atom is 0.320 e. The van der Waals surface area contributed by atoms with Gasteiger partial charge in [0.15, 0.2) is 17.0 Å². The van der Waals surface area contributed by atoms with E-state index in [0.29, 0.717) is 45.4 Å². The number of aliphatic hydroxyl groups is 1. The van der Waals surface area contributed by atoms with Crippen LogP contribution < -0.4 is 10.6 Å².